The van der Waals surface area contributed by atoms with Crippen molar-refractivity contribution >= 4 is 27.4 Å². The van der Waals surface area contributed by atoms with E-state index >= 15 is 4.39 Å². The van der Waals surface area contributed by atoms with Crippen molar-refractivity contribution in [2.75, 3.05) is 6.61 Å². The molecule has 9 nitrogen and oxygen atoms in total. The maximum absolute atomic E-state index is 15.2. The number of aromatic nitrogens is 2. The third-order valence-corrected chi connectivity index (χ3v) is 8.32. The monoisotopic (exact) mass is 612 g/mol. The van der Waals surface area contributed by atoms with E-state index in [4.69, 9.17) is 4.74 Å². The minimum Gasteiger partial charge on any atom is -0.493 e. The van der Waals surface area contributed by atoms with E-state index in [0.717, 1.165) is 6.07 Å². The molecular weight excluding hydrogens is 589 g/mol. The van der Waals surface area contributed by atoms with Gasteiger partial charge in [0.15, 0.2) is 5.54 Å². The van der Waals surface area contributed by atoms with E-state index in [1.54, 1.807) is 10.0 Å². The van der Waals surface area contributed by atoms with Gasteiger partial charge in [0.05, 0.1) is 17.6 Å². The lowest BCUT2D eigenvalue weighted by Gasteiger charge is -2.41. The molecule has 2 aromatic rings. The quantitative estimate of drug-likeness (QED) is 0.254. The number of nitrogens with zero attached hydrogens (tertiary/aromatic N) is 2. The Morgan fingerprint density at radius 3 is 2.41 bits per heavy atom. The predicted molar refractivity (Wildman–Crippen MR) is 128 cm³/mol. The first-order valence-electron chi connectivity index (χ1n) is 12.1. The summed E-state index contributed by atoms with van der Waals surface area (Å²) < 4.78 is 129. The summed E-state index contributed by atoms with van der Waals surface area (Å²) >= 11 is 0. The van der Waals surface area contributed by atoms with Crippen LogP contribution in [-0.4, -0.2) is 54.2 Å². The summed E-state index contributed by atoms with van der Waals surface area (Å²) in [6.45, 7) is -0.492. The molecule has 41 heavy (non-hydrogen) atoms. The van der Waals surface area contributed by atoms with Gasteiger partial charge in [-0.1, -0.05) is 0 Å². The highest BCUT2D eigenvalue weighted by molar-refractivity contribution is 7.91. The SMILES string of the molecule is Cn1ccc(C2=C(C(=O)NS(=O)(=O)C3CC3)C(=O)N[C@@](c3ccc(OCCCC(F)(F)F)cc3F)(C(F)(F)F)C2)n1. The van der Waals surface area contributed by atoms with Crippen molar-refractivity contribution in [1.82, 2.24) is 19.8 Å². The minimum absolute atomic E-state index is 0.255. The second-order valence-corrected chi connectivity index (χ2v) is 11.6. The summed E-state index contributed by atoms with van der Waals surface area (Å²) in [5, 5.41) is 4.76. The van der Waals surface area contributed by atoms with Crippen molar-refractivity contribution in [3.63, 3.8) is 0 Å². The lowest BCUT2D eigenvalue weighted by atomic mass is 9.77. The predicted octanol–water partition coefficient (Wildman–Crippen LogP) is 3.62. The van der Waals surface area contributed by atoms with Crippen LogP contribution in [0.15, 0.2) is 36.0 Å². The maximum atomic E-state index is 15.2. The fourth-order valence-corrected chi connectivity index (χ4v) is 5.63. The molecule has 2 N–H and O–H groups in total. The zero-order chi connectivity index (χ0) is 30.4. The maximum Gasteiger partial charge on any atom is 0.416 e. The molecule has 0 saturated heterocycles. The van der Waals surface area contributed by atoms with Gasteiger partial charge in [-0.2, -0.15) is 31.4 Å². The summed E-state index contributed by atoms with van der Waals surface area (Å²) in [6, 6.07) is 3.31. The Morgan fingerprint density at radius 2 is 1.88 bits per heavy atom. The molecule has 2 heterocycles. The highest BCUT2D eigenvalue weighted by atomic mass is 32.2. The van der Waals surface area contributed by atoms with Crippen molar-refractivity contribution in [2.24, 2.45) is 7.05 Å². The number of amides is 2. The van der Waals surface area contributed by atoms with Gasteiger partial charge in [-0.3, -0.25) is 14.3 Å². The van der Waals surface area contributed by atoms with E-state index in [2.05, 4.69) is 5.10 Å². The zero-order valence-electron chi connectivity index (χ0n) is 21.2. The average Bonchev–Trinajstić information content (AvgIpc) is 3.61. The first kappa shape index (κ1) is 30.3. The number of carbonyl (C=O) groups is 2. The largest absolute Gasteiger partial charge is 0.493 e. The van der Waals surface area contributed by atoms with Crippen LogP contribution in [-0.2, 0) is 32.2 Å². The topological polar surface area (TPSA) is 119 Å². The van der Waals surface area contributed by atoms with E-state index < -0.39 is 93.4 Å². The third kappa shape index (κ3) is 6.49. The molecule has 0 bridgehead atoms. The Balaban J connectivity index is 1.74. The number of hydrogen-bond donors (Lipinski definition) is 2. The van der Waals surface area contributed by atoms with Gasteiger partial charge < -0.3 is 10.1 Å². The number of halogens is 7. The van der Waals surface area contributed by atoms with Crippen LogP contribution in [0.3, 0.4) is 0 Å². The van der Waals surface area contributed by atoms with Gasteiger partial charge in [-0.05, 0) is 37.5 Å². The molecule has 1 aromatic carbocycles. The van der Waals surface area contributed by atoms with Gasteiger partial charge >= 0.3 is 12.4 Å². The molecule has 2 amide bonds. The van der Waals surface area contributed by atoms with Crippen molar-refractivity contribution in [3.05, 3.63) is 53.1 Å². The van der Waals surface area contributed by atoms with Crippen LogP contribution >= 0.6 is 0 Å². The van der Waals surface area contributed by atoms with Gasteiger partial charge in [0.1, 0.15) is 17.1 Å². The Hall–Kier alpha value is -3.63. The number of alkyl halides is 6. The molecule has 0 spiro atoms. The van der Waals surface area contributed by atoms with E-state index in [-0.39, 0.29) is 24.3 Å². The molecule has 17 heteroatoms. The number of hydrogen-bond acceptors (Lipinski definition) is 6. The van der Waals surface area contributed by atoms with Gasteiger partial charge in [0.25, 0.3) is 11.8 Å². The normalized spacial score (nSPS) is 20.1. The van der Waals surface area contributed by atoms with Gasteiger partial charge in [0, 0.05) is 43.3 Å². The molecular formula is C24H23F7N4O5S. The second kappa shape index (κ2) is 10.6. The van der Waals surface area contributed by atoms with E-state index in [9.17, 15) is 44.3 Å². The van der Waals surface area contributed by atoms with Gasteiger partial charge in [-0.15, -0.1) is 0 Å². The van der Waals surface area contributed by atoms with Crippen molar-refractivity contribution in [3.8, 4) is 5.75 Å². The highest BCUT2D eigenvalue weighted by Gasteiger charge is 2.61. The molecule has 4 rings (SSSR count). The molecule has 1 aliphatic carbocycles. The van der Waals surface area contributed by atoms with Gasteiger partial charge in [-0.25, -0.2) is 17.5 Å². The lowest BCUT2D eigenvalue weighted by molar-refractivity contribution is -0.202. The van der Waals surface area contributed by atoms with E-state index in [0.29, 0.717) is 12.1 Å². The average molecular weight is 613 g/mol. The Kier molecular flexibility index (Phi) is 7.88. The van der Waals surface area contributed by atoms with Crippen LogP contribution in [0.4, 0.5) is 30.7 Å². The first-order valence-corrected chi connectivity index (χ1v) is 13.7. The fourth-order valence-electron chi connectivity index (χ4n) is 4.35. The summed E-state index contributed by atoms with van der Waals surface area (Å²) in [5.74, 6) is -4.93. The minimum atomic E-state index is -5.36. The Morgan fingerprint density at radius 1 is 1.20 bits per heavy atom. The van der Waals surface area contributed by atoms with Crippen molar-refractivity contribution < 1.29 is 53.5 Å². The summed E-state index contributed by atoms with van der Waals surface area (Å²) in [6.07, 6.45) is -10.9. The van der Waals surface area contributed by atoms with Crippen molar-refractivity contribution in [1.29, 1.82) is 0 Å². The molecule has 1 fully saturated rings. The second-order valence-electron chi connectivity index (χ2n) is 9.65. The molecule has 224 valence electrons. The van der Waals surface area contributed by atoms with E-state index in [1.807, 2.05) is 0 Å². The Bertz CT molecular complexity index is 1500. The number of sulfonamides is 1. The summed E-state index contributed by atoms with van der Waals surface area (Å²) in [5.41, 5.74) is -6.27. The molecule has 1 saturated carbocycles. The number of aryl methyl sites for hydroxylation is 1. The first-order chi connectivity index (χ1) is 18.9. The number of carbonyl (C=O) groups excluding carboxylic acids is 2. The van der Waals surface area contributed by atoms with Crippen LogP contribution in [0.5, 0.6) is 5.75 Å². The molecule has 1 aliphatic heterocycles. The number of rotatable bonds is 9. The lowest BCUT2D eigenvalue weighted by Crippen LogP contribution is -2.60. The molecule has 0 radical (unpaired) electrons. The standard InChI is InChI=1S/C24H23F7N4O5S/c1-35-9-7-18(33-35)15-12-22(24(29,30)31,32-20(36)19(15)21(37)34-41(38,39)14-4-5-14)16-6-3-13(11-17(16)25)40-10-2-8-23(26,27)28/h3,6-7,9,11,14H,2,4-5,8,10,12H2,1H3,(H,32,36)(H,34,37)/t22-/m0/s1. The number of nitrogens with one attached hydrogen (secondary N) is 2. The summed E-state index contributed by atoms with van der Waals surface area (Å²) in [4.78, 5) is 26.1. The molecule has 1 aromatic heterocycles. The smallest absolute Gasteiger partial charge is 0.416 e. The van der Waals surface area contributed by atoms with Crippen LogP contribution in [0.2, 0.25) is 0 Å². The van der Waals surface area contributed by atoms with E-state index in [1.165, 1.54) is 24.0 Å². The third-order valence-electron chi connectivity index (χ3n) is 6.50. The zero-order valence-corrected chi connectivity index (χ0v) is 22.0. The van der Waals surface area contributed by atoms with Crippen LogP contribution in [0.25, 0.3) is 5.57 Å². The van der Waals surface area contributed by atoms with Crippen molar-refractivity contribution in [2.45, 2.75) is 55.2 Å². The Labute approximate surface area is 228 Å². The van der Waals surface area contributed by atoms with Crippen LogP contribution in [0.1, 0.15) is 43.4 Å². The number of benzene rings is 1. The summed E-state index contributed by atoms with van der Waals surface area (Å²) in [7, 11) is -2.79. The fraction of sp³-hybridized carbons (Fsp3) is 0.458. The number of ether oxygens (including phenoxy) is 1. The van der Waals surface area contributed by atoms with Gasteiger partial charge in [0.2, 0.25) is 10.0 Å². The molecule has 0 unspecified atom stereocenters. The van der Waals surface area contributed by atoms with Crippen LogP contribution < -0.4 is 14.8 Å². The molecule has 2 aliphatic rings. The molecule has 1 atom stereocenters. The highest BCUT2D eigenvalue weighted by Crippen LogP contribution is 2.49. The van der Waals surface area contributed by atoms with Crippen LogP contribution in [0, 0.1) is 5.82 Å².